The summed E-state index contributed by atoms with van der Waals surface area (Å²) in [5, 5.41) is 10.1. The Morgan fingerprint density at radius 2 is 1.43 bits per heavy atom. The van der Waals surface area contributed by atoms with Gasteiger partial charge in [-0.2, -0.15) is 0 Å². The molecule has 0 spiro atoms. The van der Waals surface area contributed by atoms with Crippen LogP contribution in [0.1, 0.15) is 67.2 Å². The Labute approximate surface area is 89.9 Å². The molecule has 0 aromatic carbocycles. The third-order valence-electron chi connectivity index (χ3n) is 2.67. The Hall–Kier alpha value is -0.0400. The second-order valence-electron chi connectivity index (χ2n) is 6.49. The fourth-order valence-electron chi connectivity index (χ4n) is 1.37. The molecule has 0 heterocycles. The molecule has 1 unspecified atom stereocenters. The van der Waals surface area contributed by atoms with Gasteiger partial charge in [0, 0.05) is 0 Å². The van der Waals surface area contributed by atoms with Crippen LogP contribution in [0.2, 0.25) is 0 Å². The van der Waals surface area contributed by atoms with Gasteiger partial charge in [-0.05, 0) is 43.9 Å². The molecule has 0 saturated heterocycles. The molecule has 1 N–H and O–H groups in total. The Morgan fingerprint density at radius 3 is 1.79 bits per heavy atom. The third kappa shape index (κ3) is 8.55. The zero-order valence-electron chi connectivity index (χ0n) is 10.9. The van der Waals surface area contributed by atoms with Crippen molar-refractivity contribution >= 4 is 0 Å². The van der Waals surface area contributed by atoms with Crippen LogP contribution in [0.5, 0.6) is 0 Å². The fourth-order valence-corrected chi connectivity index (χ4v) is 1.37. The third-order valence-corrected chi connectivity index (χ3v) is 2.67. The van der Waals surface area contributed by atoms with Crippen LogP contribution < -0.4 is 0 Å². The summed E-state index contributed by atoms with van der Waals surface area (Å²) in [6.45, 7) is 13.1. The van der Waals surface area contributed by atoms with E-state index in [0.717, 1.165) is 25.7 Å². The molecule has 0 saturated carbocycles. The molecule has 0 amide bonds. The molecular formula is C13H28O. The Bertz CT molecular complexity index is 151. The maximum absolute atomic E-state index is 10.1. The van der Waals surface area contributed by atoms with E-state index in [4.69, 9.17) is 0 Å². The van der Waals surface area contributed by atoms with Crippen LogP contribution in [0, 0.1) is 11.3 Å². The van der Waals surface area contributed by atoms with Crippen molar-refractivity contribution in [3.8, 4) is 0 Å². The average molecular weight is 200 g/mol. The number of rotatable bonds is 5. The molecule has 86 valence electrons. The van der Waals surface area contributed by atoms with E-state index in [1.807, 2.05) is 6.92 Å². The lowest BCUT2D eigenvalue weighted by Crippen LogP contribution is -2.26. The minimum absolute atomic E-state index is 0.335. The van der Waals surface area contributed by atoms with Gasteiger partial charge in [-0.1, -0.05) is 34.6 Å². The van der Waals surface area contributed by atoms with Gasteiger partial charge >= 0.3 is 0 Å². The number of aliphatic hydroxyl groups is 1. The van der Waals surface area contributed by atoms with Crippen LogP contribution >= 0.6 is 0 Å². The van der Waals surface area contributed by atoms with Gasteiger partial charge in [-0.3, -0.25) is 0 Å². The second kappa shape index (κ2) is 5.16. The first-order chi connectivity index (χ1) is 6.12. The number of hydrogen-bond acceptors (Lipinski definition) is 1. The number of hydrogen-bond donors (Lipinski definition) is 1. The molecule has 0 aliphatic carbocycles. The predicted molar refractivity (Wildman–Crippen MR) is 63.4 cm³/mol. The molecule has 0 fully saturated rings. The summed E-state index contributed by atoms with van der Waals surface area (Å²) in [7, 11) is 0. The van der Waals surface area contributed by atoms with Gasteiger partial charge in [-0.15, -0.1) is 0 Å². The Balaban J connectivity index is 3.83. The van der Waals surface area contributed by atoms with E-state index in [0.29, 0.717) is 11.3 Å². The van der Waals surface area contributed by atoms with Gasteiger partial charge in [-0.25, -0.2) is 0 Å². The van der Waals surface area contributed by atoms with Crippen molar-refractivity contribution in [3.05, 3.63) is 0 Å². The summed E-state index contributed by atoms with van der Waals surface area (Å²) in [5.74, 6) is 0.691. The van der Waals surface area contributed by atoms with Crippen molar-refractivity contribution in [1.82, 2.24) is 0 Å². The summed E-state index contributed by atoms with van der Waals surface area (Å²) in [4.78, 5) is 0. The second-order valence-corrected chi connectivity index (χ2v) is 6.49. The predicted octanol–water partition coefficient (Wildman–Crippen LogP) is 4.00. The average Bonchev–Trinajstić information content (AvgIpc) is 1.97. The van der Waals surface area contributed by atoms with Crippen molar-refractivity contribution in [2.45, 2.75) is 72.8 Å². The lowest BCUT2D eigenvalue weighted by molar-refractivity contribution is 0.0261. The van der Waals surface area contributed by atoms with Gasteiger partial charge in [0.2, 0.25) is 0 Å². The van der Waals surface area contributed by atoms with Gasteiger partial charge in [0.05, 0.1) is 5.60 Å². The van der Waals surface area contributed by atoms with E-state index in [1.54, 1.807) is 0 Å². The summed E-state index contributed by atoms with van der Waals surface area (Å²) >= 11 is 0. The zero-order chi connectivity index (χ0) is 11.4. The molecule has 1 heteroatoms. The molecule has 14 heavy (non-hydrogen) atoms. The van der Waals surface area contributed by atoms with E-state index in [1.165, 1.54) is 0 Å². The molecule has 0 aromatic rings. The lowest BCUT2D eigenvalue weighted by atomic mass is 9.83. The van der Waals surface area contributed by atoms with Crippen molar-refractivity contribution in [3.63, 3.8) is 0 Å². The minimum atomic E-state index is -0.461. The maximum Gasteiger partial charge on any atom is 0.0620 e. The summed E-state index contributed by atoms with van der Waals surface area (Å²) in [6.07, 6.45) is 4.07. The molecule has 1 nitrogen and oxygen atoms in total. The van der Waals surface area contributed by atoms with Crippen molar-refractivity contribution < 1.29 is 5.11 Å². The zero-order valence-corrected chi connectivity index (χ0v) is 10.9. The highest BCUT2D eigenvalue weighted by Crippen LogP contribution is 2.28. The first kappa shape index (κ1) is 14.0. The maximum atomic E-state index is 10.1. The van der Waals surface area contributed by atoms with E-state index in [-0.39, 0.29) is 0 Å². The van der Waals surface area contributed by atoms with Gasteiger partial charge in [0.1, 0.15) is 0 Å². The largest absolute Gasteiger partial charge is 0.390 e. The van der Waals surface area contributed by atoms with E-state index in [9.17, 15) is 5.11 Å². The highest BCUT2D eigenvalue weighted by atomic mass is 16.3. The van der Waals surface area contributed by atoms with E-state index < -0.39 is 5.60 Å². The van der Waals surface area contributed by atoms with Crippen LogP contribution in [-0.4, -0.2) is 10.7 Å². The Kier molecular flexibility index (Phi) is 5.14. The van der Waals surface area contributed by atoms with Crippen LogP contribution in [0.15, 0.2) is 0 Å². The van der Waals surface area contributed by atoms with Gasteiger partial charge in [0.25, 0.3) is 0 Å². The monoisotopic (exact) mass is 200 g/mol. The minimum Gasteiger partial charge on any atom is -0.390 e. The molecule has 0 aliphatic rings. The van der Waals surface area contributed by atoms with Gasteiger partial charge in [0.15, 0.2) is 0 Å². The first-order valence-electron chi connectivity index (χ1n) is 5.85. The molecule has 0 aromatic heterocycles. The topological polar surface area (TPSA) is 20.2 Å². The fraction of sp³-hybridized carbons (Fsp3) is 1.00. The van der Waals surface area contributed by atoms with Crippen LogP contribution in [0.4, 0.5) is 0 Å². The molecule has 0 radical (unpaired) electrons. The summed E-state index contributed by atoms with van der Waals surface area (Å²) in [6, 6.07) is 0. The van der Waals surface area contributed by atoms with Crippen LogP contribution in [-0.2, 0) is 0 Å². The first-order valence-corrected chi connectivity index (χ1v) is 5.85. The van der Waals surface area contributed by atoms with E-state index in [2.05, 4.69) is 34.6 Å². The smallest absolute Gasteiger partial charge is 0.0620 e. The normalized spacial score (nSPS) is 17.1. The van der Waals surface area contributed by atoms with Gasteiger partial charge < -0.3 is 5.11 Å². The Morgan fingerprint density at radius 1 is 0.929 bits per heavy atom. The summed E-state index contributed by atoms with van der Waals surface area (Å²) in [5.41, 5.74) is -0.126. The SMILES string of the molecule is CC(C)CCC(C)(O)CCC(C)(C)C. The van der Waals surface area contributed by atoms with Crippen molar-refractivity contribution in [2.24, 2.45) is 11.3 Å². The highest BCUT2D eigenvalue weighted by molar-refractivity contribution is 4.76. The highest BCUT2D eigenvalue weighted by Gasteiger charge is 2.23. The summed E-state index contributed by atoms with van der Waals surface area (Å²) < 4.78 is 0. The molecular weight excluding hydrogens is 172 g/mol. The molecule has 1 atom stereocenters. The molecule has 0 bridgehead atoms. The van der Waals surface area contributed by atoms with Crippen LogP contribution in [0.25, 0.3) is 0 Å². The van der Waals surface area contributed by atoms with Crippen molar-refractivity contribution in [1.29, 1.82) is 0 Å². The van der Waals surface area contributed by atoms with E-state index >= 15 is 0 Å². The molecule has 0 rings (SSSR count). The standard InChI is InChI=1S/C13H28O/c1-11(2)7-8-13(6,14)10-9-12(3,4)5/h11,14H,7-10H2,1-6H3. The van der Waals surface area contributed by atoms with Crippen LogP contribution in [0.3, 0.4) is 0 Å². The molecule has 0 aliphatic heterocycles. The quantitative estimate of drug-likeness (QED) is 0.711. The van der Waals surface area contributed by atoms with Crippen molar-refractivity contribution in [2.75, 3.05) is 0 Å². The lowest BCUT2D eigenvalue weighted by Gasteiger charge is -2.28.